The van der Waals surface area contributed by atoms with Crippen LogP contribution in [-0.4, -0.2) is 25.6 Å². The number of nitrogens with one attached hydrogen (secondary N) is 1. The van der Waals surface area contributed by atoms with E-state index < -0.39 is 6.04 Å². The third-order valence-electron chi connectivity index (χ3n) is 4.42. The molecular formula is C20H19N5O2. The number of aryl methyl sites for hydroxylation is 2. The average molecular weight is 361 g/mol. The molecule has 2 aromatic heterocycles. The first kappa shape index (κ1) is 17.0. The van der Waals surface area contributed by atoms with Crippen LogP contribution in [0.1, 0.15) is 34.8 Å². The van der Waals surface area contributed by atoms with Crippen molar-refractivity contribution in [2.45, 2.75) is 19.9 Å². The molecule has 1 atom stereocenters. The van der Waals surface area contributed by atoms with Crippen LogP contribution in [0.5, 0.6) is 0 Å². The van der Waals surface area contributed by atoms with Crippen LogP contribution in [0.3, 0.4) is 0 Å². The van der Waals surface area contributed by atoms with E-state index in [-0.39, 0.29) is 5.91 Å². The fourth-order valence-corrected chi connectivity index (χ4v) is 2.93. The van der Waals surface area contributed by atoms with Crippen molar-refractivity contribution in [2.24, 2.45) is 7.05 Å². The van der Waals surface area contributed by atoms with Crippen LogP contribution < -0.4 is 5.32 Å². The molecule has 0 saturated heterocycles. The monoisotopic (exact) mass is 361 g/mol. The minimum atomic E-state index is -0.414. The normalized spacial score (nSPS) is 12.3. The summed E-state index contributed by atoms with van der Waals surface area (Å²) in [4.78, 5) is 21.3. The van der Waals surface area contributed by atoms with E-state index in [2.05, 4.69) is 20.4 Å². The van der Waals surface area contributed by atoms with Gasteiger partial charge < -0.3 is 14.4 Å². The van der Waals surface area contributed by atoms with Gasteiger partial charge in [0.1, 0.15) is 6.04 Å². The summed E-state index contributed by atoms with van der Waals surface area (Å²) in [5, 5.41) is 6.91. The molecule has 0 spiro atoms. The Kier molecular flexibility index (Phi) is 4.19. The molecule has 0 fully saturated rings. The molecule has 0 saturated carbocycles. The summed E-state index contributed by atoms with van der Waals surface area (Å²) >= 11 is 0. The lowest BCUT2D eigenvalue weighted by Gasteiger charge is -2.09. The summed E-state index contributed by atoms with van der Waals surface area (Å²) in [6.45, 7) is 3.82. The topological polar surface area (TPSA) is 85.8 Å². The number of rotatable bonds is 4. The van der Waals surface area contributed by atoms with E-state index in [4.69, 9.17) is 4.52 Å². The Morgan fingerprint density at radius 2 is 2.07 bits per heavy atom. The molecule has 0 aliphatic heterocycles. The highest BCUT2D eigenvalue weighted by atomic mass is 16.5. The van der Waals surface area contributed by atoms with Gasteiger partial charge in [-0.05, 0) is 38.1 Å². The van der Waals surface area contributed by atoms with E-state index in [1.807, 2.05) is 55.8 Å². The molecule has 136 valence electrons. The van der Waals surface area contributed by atoms with Crippen LogP contribution in [0, 0.1) is 6.92 Å². The first-order valence-electron chi connectivity index (χ1n) is 8.64. The number of hydrogen-bond acceptors (Lipinski definition) is 5. The molecule has 1 N–H and O–H groups in total. The van der Waals surface area contributed by atoms with Crippen molar-refractivity contribution < 1.29 is 9.32 Å². The van der Waals surface area contributed by atoms with Crippen molar-refractivity contribution in [1.82, 2.24) is 25.0 Å². The summed E-state index contributed by atoms with van der Waals surface area (Å²) in [6.07, 6.45) is 1.72. The number of aromatic nitrogens is 4. The molecule has 0 aliphatic rings. The Hall–Kier alpha value is -3.48. The minimum absolute atomic E-state index is 0.217. The third kappa shape index (κ3) is 3.31. The Morgan fingerprint density at radius 1 is 1.22 bits per heavy atom. The maximum Gasteiger partial charge on any atom is 0.251 e. The lowest BCUT2D eigenvalue weighted by atomic mass is 10.1. The molecule has 2 heterocycles. The summed E-state index contributed by atoms with van der Waals surface area (Å²) in [7, 11) is 1.92. The summed E-state index contributed by atoms with van der Waals surface area (Å²) < 4.78 is 7.25. The van der Waals surface area contributed by atoms with Crippen molar-refractivity contribution in [3.8, 4) is 11.4 Å². The zero-order valence-corrected chi connectivity index (χ0v) is 15.3. The van der Waals surface area contributed by atoms with E-state index in [0.717, 1.165) is 22.2 Å². The van der Waals surface area contributed by atoms with Gasteiger partial charge in [0.2, 0.25) is 11.7 Å². The Bertz CT molecular complexity index is 1130. The van der Waals surface area contributed by atoms with Crippen LogP contribution in [-0.2, 0) is 7.05 Å². The highest BCUT2D eigenvalue weighted by Crippen LogP contribution is 2.20. The lowest BCUT2D eigenvalue weighted by molar-refractivity contribution is 0.0932. The van der Waals surface area contributed by atoms with Gasteiger partial charge in [-0.15, -0.1) is 0 Å². The largest absolute Gasteiger partial charge is 0.341 e. The predicted octanol–water partition coefficient (Wildman–Crippen LogP) is 3.42. The Morgan fingerprint density at radius 3 is 2.89 bits per heavy atom. The summed E-state index contributed by atoms with van der Waals surface area (Å²) in [5.41, 5.74) is 4.28. The second-order valence-electron chi connectivity index (χ2n) is 6.58. The quantitative estimate of drug-likeness (QED) is 0.602. The minimum Gasteiger partial charge on any atom is -0.341 e. The molecule has 2 aromatic carbocycles. The number of amides is 1. The summed E-state index contributed by atoms with van der Waals surface area (Å²) in [6, 6.07) is 12.9. The predicted molar refractivity (Wildman–Crippen MR) is 101 cm³/mol. The van der Waals surface area contributed by atoms with Crippen LogP contribution in [0.2, 0.25) is 0 Å². The number of benzene rings is 2. The molecule has 1 amide bonds. The van der Waals surface area contributed by atoms with Crippen LogP contribution in [0.15, 0.2) is 53.3 Å². The van der Waals surface area contributed by atoms with Gasteiger partial charge in [0.15, 0.2) is 0 Å². The van der Waals surface area contributed by atoms with Gasteiger partial charge in [0.05, 0.1) is 17.4 Å². The van der Waals surface area contributed by atoms with Gasteiger partial charge in [0, 0.05) is 18.2 Å². The van der Waals surface area contributed by atoms with Gasteiger partial charge in [-0.2, -0.15) is 4.98 Å². The van der Waals surface area contributed by atoms with Gasteiger partial charge in [-0.25, -0.2) is 4.98 Å². The summed E-state index contributed by atoms with van der Waals surface area (Å²) in [5.74, 6) is 0.647. The van der Waals surface area contributed by atoms with Gasteiger partial charge >= 0.3 is 0 Å². The number of fused-ring (bicyclic) bond motifs is 1. The highest BCUT2D eigenvalue weighted by Gasteiger charge is 2.18. The molecule has 7 heteroatoms. The number of imidazole rings is 1. The smallest absolute Gasteiger partial charge is 0.251 e. The first-order valence-corrected chi connectivity index (χ1v) is 8.64. The average Bonchev–Trinajstić information content (AvgIpc) is 3.29. The van der Waals surface area contributed by atoms with Gasteiger partial charge in [-0.3, -0.25) is 4.79 Å². The molecule has 0 radical (unpaired) electrons. The van der Waals surface area contributed by atoms with Crippen molar-refractivity contribution in [3.05, 3.63) is 65.8 Å². The fraction of sp³-hybridized carbons (Fsp3) is 0.200. The Labute approximate surface area is 156 Å². The number of nitrogens with zero attached hydrogens (tertiary/aromatic N) is 4. The molecule has 4 aromatic rings. The van der Waals surface area contributed by atoms with Crippen LogP contribution in [0.4, 0.5) is 0 Å². The number of carbonyl (C=O) groups is 1. The highest BCUT2D eigenvalue weighted by molar-refractivity contribution is 5.97. The first-order chi connectivity index (χ1) is 13.0. The molecule has 27 heavy (non-hydrogen) atoms. The molecule has 4 rings (SSSR count). The zero-order valence-electron chi connectivity index (χ0n) is 15.3. The maximum absolute atomic E-state index is 12.6. The zero-order chi connectivity index (χ0) is 19.0. The van der Waals surface area contributed by atoms with E-state index >= 15 is 0 Å². The van der Waals surface area contributed by atoms with Gasteiger partial charge in [-0.1, -0.05) is 28.9 Å². The van der Waals surface area contributed by atoms with E-state index in [0.29, 0.717) is 17.3 Å². The SMILES string of the molecule is Cc1cccc(-c2noc([C@H](C)NC(=O)c3ccc4c(c3)ncn4C)n2)c1. The lowest BCUT2D eigenvalue weighted by Crippen LogP contribution is -2.26. The molecule has 0 bridgehead atoms. The fourth-order valence-electron chi connectivity index (χ4n) is 2.93. The molecule has 0 unspecified atom stereocenters. The third-order valence-corrected chi connectivity index (χ3v) is 4.42. The van der Waals surface area contributed by atoms with Crippen molar-refractivity contribution in [2.75, 3.05) is 0 Å². The van der Waals surface area contributed by atoms with Crippen molar-refractivity contribution in [3.63, 3.8) is 0 Å². The second kappa shape index (κ2) is 6.68. The second-order valence-corrected chi connectivity index (χ2v) is 6.58. The van der Waals surface area contributed by atoms with Crippen LogP contribution in [0.25, 0.3) is 22.4 Å². The van der Waals surface area contributed by atoms with E-state index in [1.165, 1.54) is 0 Å². The number of hydrogen-bond donors (Lipinski definition) is 1. The van der Waals surface area contributed by atoms with E-state index in [9.17, 15) is 4.79 Å². The number of carbonyl (C=O) groups excluding carboxylic acids is 1. The van der Waals surface area contributed by atoms with Gasteiger partial charge in [0.25, 0.3) is 5.91 Å². The molecule has 7 nitrogen and oxygen atoms in total. The van der Waals surface area contributed by atoms with Crippen molar-refractivity contribution >= 4 is 16.9 Å². The van der Waals surface area contributed by atoms with E-state index in [1.54, 1.807) is 18.5 Å². The van der Waals surface area contributed by atoms with Crippen molar-refractivity contribution in [1.29, 1.82) is 0 Å². The Balaban J connectivity index is 1.51. The standard InChI is InChI=1S/C20H19N5O2/c1-12-5-4-6-14(9-12)18-23-20(27-24-18)13(2)22-19(26)15-7-8-17-16(10-15)21-11-25(17)3/h4-11,13H,1-3H3,(H,22,26)/t13-/m0/s1. The van der Waals surface area contributed by atoms with Crippen LogP contribution >= 0.6 is 0 Å². The maximum atomic E-state index is 12.6. The molecular weight excluding hydrogens is 342 g/mol. The molecule has 0 aliphatic carbocycles.